The van der Waals surface area contributed by atoms with Crippen LogP contribution < -0.4 is 4.74 Å². The highest BCUT2D eigenvalue weighted by Gasteiger charge is 2.19. The molecule has 0 spiro atoms. The Labute approximate surface area is 149 Å². The van der Waals surface area contributed by atoms with Crippen LogP contribution in [0.3, 0.4) is 0 Å². The molecule has 0 N–H and O–H groups in total. The summed E-state index contributed by atoms with van der Waals surface area (Å²) in [5.41, 5.74) is 1.10. The standard InChI is InChI=1S/C19H14ClNO4/c1-24-18(22)15-9-8-13(21-10-4-5-11-21)12-17(15)25-19(23)14-6-2-3-7-16(14)20/h2-12H,1H3. The third kappa shape index (κ3) is 3.56. The lowest BCUT2D eigenvalue weighted by atomic mass is 10.1. The molecule has 0 fully saturated rings. The Morgan fingerprint density at radius 1 is 0.920 bits per heavy atom. The maximum absolute atomic E-state index is 12.4. The average Bonchev–Trinajstić information content (AvgIpc) is 3.16. The van der Waals surface area contributed by atoms with Crippen LogP contribution in [0.4, 0.5) is 0 Å². The molecule has 0 unspecified atom stereocenters. The number of aromatic nitrogens is 1. The van der Waals surface area contributed by atoms with Gasteiger partial charge in [0.25, 0.3) is 0 Å². The predicted octanol–water partition coefficient (Wildman–Crippen LogP) is 4.14. The third-order valence-corrected chi connectivity index (χ3v) is 3.90. The molecule has 5 nitrogen and oxygen atoms in total. The second-order valence-electron chi connectivity index (χ2n) is 5.13. The van der Waals surface area contributed by atoms with Gasteiger partial charge in [-0.25, -0.2) is 9.59 Å². The van der Waals surface area contributed by atoms with Crippen molar-refractivity contribution in [2.24, 2.45) is 0 Å². The maximum atomic E-state index is 12.4. The van der Waals surface area contributed by atoms with Gasteiger partial charge in [-0.2, -0.15) is 0 Å². The van der Waals surface area contributed by atoms with Gasteiger partial charge < -0.3 is 14.0 Å². The Morgan fingerprint density at radius 3 is 2.32 bits per heavy atom. The lowest BCUT2D eigenvalue weighted by molar-refractivity contribution is 0.0593. The summed E-state index contributed by atoms with van der Waals surface area (Å²) in [4.78, 5) is 24.4. The number of benzene rings is 2. The molecule has 0 atom stereocenters. The number of ether oxygens (including phenoxy) is 2. The van der Waals surface area contributed by atoms with Gasteiger partial charge in [0.05, 0.1) is 17.7 Å². The zero-order valence-electron chi connectivity index (χ0n) is 13.3. The van der Waals surface area contributed by atoms with E-state index in [1.807, 2.05) is 29.1 Å². The zero-order valence-corrected chi connectivity index (χ0v) is 14.1. The van der Waals surface area contributed by atoms with E-state index in [1.165, 1.54) is 7.11 Å². The van der Waals surface area contributed by atoms with Gasteiger partial charge in [-0.3, -0.25) is 0 Å². The number of esters is 2. The van der Waals surface area contributed by atoms with Gasteiger partial charge in [0.2, 0.25) is 0 Å². The first-order chi connectivity index (χ1) is 12.1. The second kappa shape index (κ2) is 7.23. The summed E-state index contributed by atoms with van der Waals surface area (Å²) >= 11 is 6.03. The minimum atomic E-state index is -0.652. The van der Waals surface area contributed by atoms with E-state index in [-0.39, 0.29) is 21.9 Å². The molecule has 3 aromatic rings. The number of methoxy groups -OCH3 is 1. The summed E-state index contributed by atoms with van der Waals surface area (Å²) in [5, 5.41) is 0.272. The van der Waals surface area contributed by atoms with Crippen LogP contribution in [0.5, 0.6) is 5.75 Å². The number of halogens is 1. The molecule has 0 radical (unpaired) electrons. The summed E-state index contributed by atoms with van der Waals surface area (Å²) in [7, 11) is 1.27. The minimum absolute atomic E-state index is 0.1000. The lowest BCUT2D eigenvalue weighted by Crippen LogP contribution is -2.13. The fourth-order valence-corrected chi connectivity index (χ4v) is 2.54. The molecule has 25 heavy (non-hydrogen) atoms. The summed E-state index contributed by atoms with van der Waals surface area (Å²) in [5.74, 6) is -1.15. The van der Waals surface area contributed by atoms with Crippen LogP contribution in [0.15, 0.2) is 67.0 Å². The van der Waals surface area contributed by atoms with Crippen LogP contribution in [0.25, 0.3) is 5.69 Å². The van der Waals surface area contributed by atoms with E-state index >= 15 is 0 Å². The Hall–Kier alpha value is -3.05. The van der Waals surface area contributed by atoms with Gasteiger partial charge in [-0.05, 0) is 36.4 Å². The molecular formula is C19H14ClNO4. The quantitative estimate of drug-likeness (QED) is 0.521. The van der Waals surface area contributed by atoms with Crippen molar-refractivity contribution in [3.63, 3.8) is 0 Å². The number of hydrogen-bond donors (Lipinski definition) is 0. The molecule has 0 saturated carbocycles. The summed E-state index contributed by atoms with van der Waals surface area (Å²) in [6.45, 7) is 0. The topological polar surface area (TPSA) is 57.5 Å². The number of rotatable bonds is 4. The molecule has 1 heterocycles. The largest absolute Gasteiger partial charge is 0.465 e. The van der Waals surface area contributed by atoms with Gasteiger partial charge in [-0.1, -0.05) is 23.7 Å². The molecule has 0 bridgehead atoms. The van der Waals surface area contributed by atoms with E-state index in [1.54, 1.807) is 42.5 Å². The predicted molar refractivity (Wildman–Crippen MR) is 93.5 cm³/mol. The van der Waals surface area contributed by atoms with Crippen LogP contribution in [-0.2, 0) is 4.74 Å². The SMILES string of the molecule is COC(=O)c1ccc(-n2cccc2)cc1OC(=O)c1ccccc1Cl. The first kappa shape index (κ1) is 16.8. The number of carbonyl (C=O) groups is 2. The smallest absolute Gasteiger partial charge is 0.345 e. The van der Waals surface area contributed by atoms with E-state index in [2.05, 4.69) is 0 Å². The van der Waals surface area contributed by atoms with Gasteiger partial charge in [0.1, 0.15) is 11.3 Å². The Balaban J connectivity index is 2.00. The second-order valence-corrected chi connectivity index (χ2v) is 5.54. The molecule has 0 saturated heterocycles. The minimum Gasteiger partial charge on any atom is -0.465 e. The van der Waals surface area contributed by atoms with Crippen molar-refractivity contribution in [1.82, 2.24) is 4.57 Å². The lowest BCUT2D eigenvalue weighted by Gasteiger charge is -2.12. The van der Waals surface area contributed by atoms with E-state index in [0.717, 1.165) is 5.69 Å². The van der Waals surface area contributed by atoms with Crippen molar-refractivity contribution in [3.8, 4) is 11.4 Å². The third-order valence-electron chi connectivity index (χ3n) is 3.57. The number of nitrogens with zero attached hydrogens (tertiary/aromatic N) is 1. The Kier molecular flexibility index (Phi) is 4.86. The maximum Gasteiger partial charge on any atom is 0.345 e. The van der Waals surface area contributed by atoms with Crippen LogP contribution in [0.2, 0.25) is 5.02 Å². The van der Waals surface area contributed by atoms with Crippen LogP contribution >= 0.6 is 11.6 Å². The zero-order chi connectivity index (χ0) is 17.8. The van der Waals surface area contributed by atoms with Crippen molar-refractivity contribution >= 4 is 23.5 Å². The van der Waals surface area contributed by atoms with Crippen LogP contribution in [0, 0.1) is 0 Å². The molecule has 1 aromatic heterocycles. The molecule has 0 amide bonds. The van der Waals surface area contributed by atoms with Crippen LogP contribution in [-0.4, -0.2) is 23.6 Å². The monoisotopic (exact) mass is 355 g/mol. The molecule has 0 aliphatic heterocycles. The van der Waals surface area contributed by atoms with Crippen molar-refractivity contribution in [2.75, 3.05) is 7.11 Å². The number of carbonyl (C=O) groups excluding carboxylic acids is 2. The highest BCUT2D eigenvalue weighted by atomic mass is 35.5. The molecule has 6 heteroatoms. The fraction of sp³-hybridized carbons (Fsp3) is 0.0526. The normalized spacial score (nSPS) is 10.3. The summed E-state index contributed by atoms with van der Waals surface area (Å²) in [6.07, 6.45) is 3.68. The van der Waals surface area contributed by atoms with Gasteiger partial charge in [0, 0.05) is 24.1 Å². The van der Waals surface area contributed by atoms with E-state index in [0.29, 0.717) is 0 Å². The first-order valence-corrected chi connectivity index (χ1v) is 7.80. The highest BCUT2D eigenvalue weighted by molar-refractivity contribution is 6.33. The van der Waals surface area contributed by atoms with Crippen molar-refractivity contribution in [1.29, 1.82) is 0 Å². The summed E-state index contributed by atoms with van der Waals surface area (Å²) in [6, 6.07) is 15.2. The highest BCUT2D eigenvalue weighted by Crippen LogP contribution is 2.26. The van der Waals surface area contributed by atoms with Crippen molar-refractivity contribution in [2.45, 2.75) is 0 Å². The van der Waals surface area contributed by atoms with Crippen molar-refractivity contribution in [3.05, 3.63) is 83.1 Å². The van der Waals surface area contributed by atoms with E-state index in [9.17, 15) is 9.59 Å². The van der Waals surface area contributed by atoms with E-state index < -0.39 is 11.9 Å². The molecule has 0 aliphatic rings. The van der Waals surface area contributed by atoms with Crippen LogP contribution in [0.1, 0.15) is 20.7 Å². The Bertz CT molecular complexity index is 919. The molecule has 2 aromatic carbocycles. The average molecular weight is 356 g/mol. The van der Waals surface area contributed by atoms with E-state index in [4.69, 9.17) is 21.1 Å². The molecule has 0 aliphatic carbocycles. The van der Waals surface area contributed by atoms with Gasteiger partial charge >= 0.3 is 11.9 Å². The van der Waals surface area contributed by atoms with Gasteiger partial charge in [-0.15, -0.1) is 0 Å². The Morgan fingerprint density at radius 2 is 1.64 bits per heavy atom. The van der Waals surface area contributed by atoms with Crippen molar-refractivity contribution < 1.29 is 19.1 Å². The molecule has 126 valence electrons. The molecular weight excluding hydrogens is 342 g/mol. The first-order valence-electron chi connectivity index (χ1n) is 7.42. The molecule has 3 rings (SSSR count). The number of hydrogen-bond acceptors (Lipinski definition) is 4. The summed E-state index contributed by atoms with van der Waals surface area (Å²) < 4.78 is 12.0. The van der Waals surface area contributed by atoms with Gasteiger partial charge in [0.15, 0.2) is 0 Å². The fourth-order valence-electron chi connectivity index (χ4n) is 2.32.